The van der Waals surface area contributed by atoms with Crippen LogP contribution in [0.15, 0.2) is 42.6 Å². The average molecular weight is 502 g/mol. The van der Waals surface area contributed by atoms with Gasteiger partial charge in [-0.2, -0.15) is 4.98 Å². The van der Waals surface area contributed by atoms with Gasteiger partial charge in [-0.3, -0.25) is 18.7 Å². The average Bonchev–Trinajstić information content (AvgIpc) is 3.45. The summed E-state index contributed by atoms with van der Waals surface area (Å²) in [7, 11) is 1.62. The molecule has 2 aliphatic rings. The minimum Gasteiger partial charge on any atom is -0.424 e. The zero-order valence-electron chi connectivity index (χ0n) is 18.8. The van der Waals surface area contributed by atoms with Crippen LogP contribution in [0.1, 0.15) is 41.0 Å². The van der Waals surface area contributed by atoms with Crippen molar-refractivity contribution in [2.45, 2.75) is 38.3 Å². The highest BCUT2D eigenvalue weighted by Crippen LogP contribution is 2.40. The summed E-state index contributed by atoms with van der Waals surface area (Å²) >= 11 is 4.27. The Morgan fingerprint density at radius 3 is 2.59 bits per heavy atom. The maximum absolute atomic E-state index is 13.6. The number of amides is 1. The molecule has 1 aliphatic heterocycles. The Kier molecular flexibility index (Phi) is 5.83. The zero-order chi connectivity index (χ0) is 24.0. The van der Waals surface area contributed by atoms with Crippen molar-refractivity contribution in [2.75, 3.05) is 17.9 Å². The van der Waals surface area contributed by atoms with Crippen LogP contribution in [0.3, 0.4) is 0 Å². The smallest absolute Gasteiger partial charge is 0.304 e. The van der Waals surface area contributed by atoms with Crippen molar-refractivity contribution in [1.29, 1.82) is 0 Å². The predicted octanol–water partition coefficient (Wildman–Crippen LogP) is 3.47. The van der Waals surface area contributed by atoms with Crippen LogP contribution in [0.4, 0.5) is 5.82 Å². The Hall–Kier alpha value is -2.95. The van der Waals surface area contributed by atoms with Gasteiger partial charge in [-0.05, 0) is 56.0 Å². The zero-order valence-corrected chi connectivity index (χ0v) is 20.3. The number of aromatic nitrogens is 3. The lowest BCUT2D eigenvalue weighted by molar-refractivity contribution is 0.0817. The number of aliphatic hydroxyl groups is 1. The number of carbonyl (C=O) groups excluding carboxylic acids is 1. The first-order chi connectivity index (χ1) is 16.2. The second kappa shape index (κ2) is 8.68. The third-order valence-corrected chi connectivity index (χ3v) is 7.64. The van der Waals surface area contributed by atoms with Crippen LogP contribution >= 0.6 is 11.6 Å². The molecule has 34 heavy (non-hydrogen) atoms. The summed E-state index contributed by atoms with van der Waals surface area (Å²) in [5.74, 6) is 0.317. The van der Waals surface area contributed by atoms with Crippen LogP contribution in [0, 0.1) is 6.92 Å². The molecule has 9 nitrogen and oxygen atoms in total. The number of fused-ring (bicyclic) bond motifs is 1. The van der Waals surface area contributed by atoms with Crippen LogP contribution < -0.4 is 9.04 Å². The van der Waals surface area contributed by atoms with Crippen molar-refractivity contribution in [2.24, 2.45) is 0 Å². The molecule has 1 amide bonds. The molecule has 0 saturated heterocycles. The molecule has 1 aromatic carbocycles. The second-order valence-corrected chi connectivity index (χ2v) is 10.5. The first-order valence-corrected chi connectivity index (χ1v) is 12.3. The number of pyridine rings is 1. The fourth-order valence-electron chi connectivity index (χ4n) is 3.76. The number of hydrogen-bond acceptors (Lipinski definition) is 6. The Balaban J connectivity index is 1.55. The normalized spacial score (nSPS) is 18.7. The van der Waals surface area contributed by atoms with Crippen molar-refractivity contribution < 1.29 is 18.8 Å². The van der Waals surface area contributed by atoms with Crippen molar-refractivity contribution >= 4 is 34.5 Å². The van der Waals surface area contributed by atoms with E-state index in [0.29, 0.717) is 30.0 Å². The molecule has 0 radical (unpaired) electrons. The van der Waals surface area contributed by atoms with Gasteiger partial charge in [-0.25, -0.2) is 8.51 Å². The minimum absolute atomic E-state index is 0.177. The fraction of sp³-hybridized carbons (Fsp3) is 0.348. The maximum atomic E-state index is 13.6. The summed E-state index contributed by atoms with van der Waals surface area (Å²) in [5.41, 5.74) is 1.24. The summed E-state index contributed by atoms with van der Waals surface area (Å²) in [5, 5.41) is 10.9. The van der Waals surface area contributed by atoms with Crippen molar-refractivity contribution in [3.05, 3.63) is 64.6 Å². The Bertz CT molecular complexity index is 1260. The van der Waals surface area contributed by atoms with E-state index >= 15 is 0 Å². The number of rotatable bonds is 7. The highest BCUT2D eigenvalue weighted by atomic mass is 35.5. The molecule has 1 saturated carbocycles. The van der Waals surface area contributed by atoms with Gasteiger partial charge < -0.3 is 9.84 Å². The van der Waals surface area contributed by atoms with Crippen molar-refractivity contribution in [3.63, 3.8) is 0 Å². The quantitative estimate of drug-likeness (QED) is 0.532. The summed E-state index contributed by atoms with van der Waals surface area (Å²) in [4.78, 5) is 22.4. The molecule has 1 fully saturated rings. The molecule has 3 aromatic rings. The van der Waals surface area contributed by atoms with Crippen LogP contribution in [-0.4, -0.2) is 53.3 Å². The molecular weight excluding hydrogens is 478 g/mol. The Labute approximate surface area is 204 Å². The number of imidazole rings is 1. The van der Waals surface area contributed by atoms with Gasteiger partial charge >= 0.3 is 6.01 Å². The molecule has 3 heterocycles. The summed E-state index contributed by atoms with van der Waals surface area (Å²) in [6.45, 7) is 2.34. The molecule has 0 bridgehead atoms. The topological polar surface area (TPSA) is 101 Å². The van der Waals surface area contributed by atoms with E-state index in [2.05, 4.69) is 9.97 Å². The number of halogens is 1. The SMILES string of the molecule is Cc1ccc(Oc2nc3c(n2Cc2ccc(Cl)cc2)C(=O)N(CCC2(O)CC2)S(=O)N3C)cn1. The third-order valence-electron chi connectivity index (χ3n) is 6.02. The van der Waals surface area contributed by atoms with E-state index in [4.69, 9.17) is 16.3 Å². The van der Waals surface area contributed by atoms with Gasteiger partial charge in [0.2, 0.25) is 11.2 Å². The number of aryl methyl sites for hydroxylation is 1. The van der Waals surface area contributed by atoms with Crippen molar-refractivity contribution in [3.8, 4) is 11.8 Å². The fourth-order valence-corrected chi connectivity index (χ4v) is 4.94. The van der Waals surface area contributed by atoms with E-state index in [1.165, 1.54) is 8.61 Å². The lowest BCUT2D eigenvalue weighted by Crippen LogP contribution is -2.47. The molecule has 1 aliphatic carbocycles. The lowest BCUT2D eigenvalue weighted by Gasteiger charge is -2.32. The summed E-state index contributed by atoms with van der Waals surface area (Å²) in [6, 6.07) is 11.0. The van der Waals surface area contributed by atoms with Crippen LogP contribution in [0.5, 0.6) is 11.8 Å². The van der Waals surface area contributed by atoms with E-state index in [1.54, 1.807) is 36.0 Å². The van der Waals surface area contributed by atoms with Gasteiger partial charge in [0.1, 0.15) is 5.75 Å². The molecule has 5 rings (SSSR count). The van der Waals surface area contributed by atoms with Gasteiger partial charge in [0.05, 0.1) is 18.3 Å². The Morgan fingerprint density at radius 2 is 1.94 bits per heavy atom. The van der Waals surface area contributed by atoms with Crippen LogP contribution in [0.2, 0.25) is 5.02 Å². The van der Waals surface area contributed by atoms with Crippen LogP contribution in [0.25, 0.3) is 0 Å². The second-order valence-electron chi connectivity index (χ2n) is 8.63. The van der Waals surface area contributed by atoms with E-state index in [9.17, 15) is 14.1 Å². The standard InChI is InChI=1S/C23H24ClN5O4S/c1-15-3-8-18(13-25-15)33-22-26-20-19(28(22)14-16-4-6-17(24)7-5-16)21(30)29(34(32)27(20)2)12-11-23(31)9-10-23/h3-8,13,31H,9-12,14H2,1-2H3. The molecule has 2 aromatic heterocycles. The number of nitrogens with zero attached hydrogens (tertiary/aromatic N) is 5. The summed E-state index contributed by atoms with van der Waals surface area (Å²) < 4.78 is 23.5. The monoisotopic (exact) mass is 501 g/mol. The number of anilines is 1. The number of ether oxygens (including phenoxy) is 1. The molecule has 0 spiro atoms. The Morgan fingerprint density at radius 1 is 1.21 bits per heavy atom. The van der Waals surface area contributed by atoms with Gasteiger partial charge in [0.25, 0.3) is 5.91 Å². The summed E-state index contributed by atoms with van der Waals surface area (Å²) in [6.07, 6.45) is 3.35. The predicted molar refractivity (Wildman–Crippen MR) is 128 cm³/mol. The molecule has 178 valence electrons. The molecule has 1 atom stereocenters. The van der Waals surface area contributed by atoms with Gasteiger partial charge in [0, 0.05) is 24.3 Å². The van der Waals surface area contributed by atoms with Crippen LogP contribution in [-0.2, 0) is 17.7 Å². The van der Waals surface area contributed by atoms with Gasteiger partial charge in [-0.15, -0.1) is 0 Å². The minimum atomic E-state index is -1.77. The number of hydrogen-bond donors (Lipinski definition) is 1. The van der Waals surface area contributed by atoms with Gasteiger partial charge in [0.15, 0.2) is 11.5 Å². The highest BCUT2D eigenvalue weighted by Gasteiger charge is 2.44. The number of benzene rings is 1. The highest BCUT2D eigenvalue weighted by molar-refractivity contribution is 7.84. The van der Waals surface area contributed by atoms with E-state index in [0.717, 1.165) is 11.3 Å². The van der Waals surface area contributed by atoms with E-state index < -0.39 is 22.7 Å². The third kappa shape index (κ3) is 4.40. The first kappa shape index (κ1) is 22.8. The van der Waals surface area contributed by atoms with E-state index in [-0.39, 0.29) is 30.6 Å². The molecule has 1 unspecified atom stereocenters. The number of carbonyl (C=O) groups is 1. The van der Waals surface area contributed by atoms with Crippen molar-refractivity contribution in [1.82, 2.24) is 18.8 Å². The maximum Gasteiger partial charge on any atom is 0.304 e. The van der Waals surface area contributed by atoms with E-state index in [1.807, 2.05) is 25.1 Å². The molecular formula is C23H24ClN5O4S. The largest absolute Gasteiger partial charge is 0.424 e. The first-order valence-electron chi connectivity index (χ1n) is 10.9. The molecule has 11 heteroatoms. The lowest BCUT2D eigenvalue weighted by atomic mass is 10.2. The van der Waals surface area contributed by atoms with Gasteiger partial charge in [-0.1, -0.05) is 23.7 Å². The molecule has 1 N–H and O–H groups in total.